The molecule has 0 radical (unpaired) electrons. The summed E-state index contributed by atoms with van der Waals surface area (Å²) in [6, 6.07) is 25.6. The van der Waals surface area contributed by atoms with Crippen LogP contribution in [0.3, 0.4) is 0 Å². The van der Waals surface area contributed by atoms with Crippen LogP contribution in [0.15, 0.2) is 84.9 Å². The molecule has 3 aromatic carbocycles. The molecule has 3 aromatic rings. The van der Waals surface area contributed by atoms with E-state index in [0.717, 1.165) is 11.1 Å². The maximum Gasteiger partial charge on any atom is 0.246 e. The Morgan fingerprint density at radius 1 is 0.886 bits per heavy atom. The summed E-state index contributed by atoms with van der Waals surface area (Å²) in [4.78, 5) is 15.6. The van der Waals surface area contributed by atoms with E-state index in [0.29, 0.717) is 44.2 Å². The lowest BCUT2D eigenvalue weighted by atomic mass is 10.0. The number of nitrogens with one attached hydrogen (secondary N) is 1. The predicted octanol–water partition coefficient (Wildman–Crippen LogP) is 3.91. The first kappa shape index (κ1) is 24.9. The van der Waals surface area contributed by atoms with Gasteiger partial charge in [-0.15, -0.1) is 0 Å². The highest BCUT2D eigenvalue weighted by molar-refractivity contribution is 7.88. The van der Waals surface area contributed by atoms with Crippen molar-refractivity contribution >= 4 is 21.6 Å². The van der Waals surface area contributed by atoms with Crippen molar-refractivity contribution in [1.29, 1.82) is 0 Å². The molecule has 7 nitrogen and oxygen atoms in total. The highest BCUT2D eigenvalue weighted by atomic mass is 32.2. The van der Waals surface area contributed by atoms with Gasteiger partial charge in [0.2, 0.25) is 15.9 Å². The first-order chi connectivity index (χ1) is 17.0. The van der Waals surface area contributed by atoms with E-state index < -0.39 is 16.1 Å². The summed E-state index contributed by atoms with van der Waals surface area (Å²) in [6.07, 6.45) is 0. The molecule has 0 saturated carbocycles. The maximum absolute atomic E-state index is 13.5. The zero-order chi connectivity index (χ0) is 24.7. The van der Waals surface area contributed by atoms with Crippen LogP contribution in [0.1, 0.15) is 24.1 Å². The van der Waals surface area contributed by atoms with Gasteiger partial charge in [-0.05, 0) is 30.2 Å². The van der Waals surface area contributed by atoms with Gasteiger partial charge in [-0.1, -0.05) is 72.8 Å². The summed E-state index contributed by atoms with van der Waals surface area (Å²) >= 11 is 0. The number of carbonyl (C=O) groups excluding carboxylic acids is 1. The first-order valence-corrected chi connectivity index (χ1v) is 13.4. The Morgan fingerprint density at radius 3 is 2.14 bits per heavy atom. The van der Waals surface area contributed by atoms with Crippen LogP contribution >= 0.6 is 0 Å². The Hall–Kier alpha value is -3.20. The third-order valence-electron chi connectivity index (χ3n) is 6.03. The third-order valence-corrected chi connectivity index (χ3v) is 7.88. The van der Waals surface area contributed by atoms with E-state index in [-0.39, 0.29) is 11.7 Å². The second-order valence-electron chi connectivity index (χ2n) is 8.41. The molecule has 35 heavy (non-hydrogen) atoms. The van der Waals surface area contributed by atoms with Crippen molar-refractivity contribution in [2.75, 3.05) is 38.1 Å². The van der Waals surface area contributed by atoms with Gasteiger partial charge >= 0.3 is 0 Å². The number of amides is 1. The minimum absolute atomic E-state index is 0.0232. The van der Waals surface area contributed by atoms with Crippen molar-refractivity contribution in [2.45, 2.75) is 18.7 Å². The van der Waals surface area contributed by atoms with Crippen LogP contribution in [0, 0.1) is 0 Å². The number of piperazine rings is 1. The topological polar surface area (TPSA) is 79.0 Å². The van der Waals surface area contributed by atoms with Crippen molar-refractivity contribution in [3.8, 4) is 5.75 Å². The molecule has 1 atom stereocenters. The van der Waals surface area contributed by atoms with E-state index in [4.69, 9.17) is 4.74 Å². The van der Waals surface area contributed by atoms with Crippen molar-refractivity contribution in [3.63, 3.8) is 0 Å². The van der Waals surface area contributed by atoms with Crippen LogP contribution < -0.4 is 10.1 Å². The van der Waals surface area contributed by atoms with Crippen LogP contribution in [0.25, 0.3) is 0 Å². The number of sulfonamides is 1. The zero-order valence-electron chi connectivity index (χ0n) is 19.8. The number of anilines is 1. The second-order valence-corrected chi connectivity index (χ2v) is 10.4. The lowest BCUT2D eigenvalue weighted by Crippen LogP contribution is -2.51. The van der Waals surface area contributed by atoms with Gasteiger partial charge in [0, 0.05) is 26.2 Å². The molecule has 1 N–H and O–H groups in total. The number of rotatable bonds is 9. The fourth-order valence-electron chi connectivity index (χ4n) is 4.33. The zero-order valence-corrected chi connectivity index (χ0v) is 20.7. The summed E-state index contributed by atoms with van der Waals surface area (Å²) in [6.45, 7) is 3.97. The Morgan fingerprint density at radius 2 is 1.49 bits per heavy atom. The molecule has 0 aliphatic carbocycles. The van der Waals surface area contributed by atoms with Gasteiger partial charge in [-0.3, -0.25) is 9.69 Å². The van der Waals surface area contributed by atoms with Gasteiger partial charge in [0.1, 0.15) is 11.8 Å². The van der Waals surface area contributed by atoms with Gasteiger partial charge in [-0.2, -0.15) is 4.31 Å². The van der Waals surface area contributed by atoms with Crippen LogP contribution in [-0.4, -0.2) is 56.3 Å². The van der Waals surface area contributed by atoms with Crippen molar-refractivity contribution in [2.24, 2.45) is 0 Å². The molecular formula is C27H31N3O4S. The van der Waals surface area contributed by atoms with E-state index in [1.807, 2.05) is 96.8 Å². The van der Waals surface area contributed by atoms with Gasteiger partial charge in [0.15, 0.2) is 0 Å². The second kappa shape index (κ2) is 11.5. The predicted molar refractivity (Wildman–Crippen MR) is 138 cm³/mol. The molecule has 1 aliphatic heterocycles. The molecule has 1 saturated heterocycles. The van der Waals surface area contributed by atoms with E-state index >= 15 is 0 Å². The van der Waals surface area contributed by atoms with Crippen LogP contribution in [0.4, 0.5) is 5.69 Å². The van der Waals surface area contributed by atoms with Crippen LogP contribution in [-0.2, 0) is 20.6 Å². The van der Waals surface area contributed by atoms with E-state index in [9.17, 15) is 13.2 Å². The maximum atomic E-state index is 13.5. The molecule has 0 bridgehead atoms. The van der Waals surface area contributed by atoms with Crippen molar-refractivity contribution in [3.05, 3.63) is 96.1 Å². The lowest BCUT2D eigenvalue weighted by Gasteiger charge is -2.38. The van der Waals surface area contributed by atoms with Crippen molar-refractivity contribution in [1.82, 2.24) is 9.21 Å². The number of para-hydroxylation sites is 2. The highest BCUT2D eigenvalue weighted by Crippen LogP contribution is 2.29. The summed E-state index contributed by atoms with van der Waals surface area (Å²) in [5.41, 5.74) is 2.24. The van der Waals surface area contributed by atoms with E-state index in [1.165, 1.54) is 4.31 Å². The summed E-state index contributed by atoms with van der Waals surface area (Å²) in [7, 11) is -3.44. The monoisotopic (exact) mass is 493 g/mol. The fraction of sp³-hybridized carbons (Fsp3) is 0.296. The lowest BCUT2D eigenvalue weighted by molar-refractivity contribution is -0.122. The van der Waals surface area contributed by atoms with Crippen molar-refractivity contribution < 1.29 is 17.9 Å². The SMILES string of the molecule is CCOc1ccccc1NC(=O)[C@@H](c1ccccc1)N1CCN(S(=O)(=O)Cc2ccccc2)CC1. The Balaban J connectivity index is 1.49. The molecule has 0 spiro atoms. The molecule has 0 aromatic heterocycles. The summed E-state index contributed by atoms with van der Waals surface area (Å²) in [5.74, 6) is 0.418. The molecule has 1 fully saturated rings. The van der Waals surface area contributed by atoms with Gasteiger partial charge in [0.25, 0.3) is 0 Å². The smallest absolute Gasteiger partial charge is 0.246 e. The number of carbonyl (C=O) groups is 1. The summed E-state index contributed by atoms with van der Waals surface area (Å²) < 4.78 is 33.2. The standard InChI is InChI=1S/C27H31N3O4S/c1-2-34-25-16-10-9-15-24(25)28-27(31)26(23-13-7-4-8-14-23)29-17-19-30(20-18-29)35(32,33)21-22-11-5-3-6-12-22/h3-16,26H,2,17-21H2,1H3,(H,28,31)/t26-/m1/s1. The Bertz CT molecular complexity index is 1210. The summed E-state index contributed by atoms with van der Waals surface area (Å²) in [5, 5.41) is 3.03. The molecule has 0 unspecified atom stereocenters. The molecule has 1 aliphatic rings. The molecule has 4 rings (SSSR count). The number of benzene rings is 3. The van der Waals surface area contributed by atoms with E-state index in [2.05, 4.69) is 5.32 Å². The Labute approximate surface area is 207 Å². The number of ether oxygens (including phenoxy) is 1. The van der Waals surface area contributed by atoms with Gasteiger partial charge in [-0.25, -0.2) is 8.42 Å². The van der Waals surface area contributed by atoms with Crippen LogP contribution in [0.5, 0.6) is 5.75 Å². The Kier molecular flexibility index (Phi) is 8.17. The largest absolute Gasteiger partial charge is 0.492 e. The van der Waals surface area contributed by atoms with Gasteiger partial charge in [0.05, 0.1) is 18.0 Å². The fourth-order valence-corrected chi connectivity index (χ4v) is 5.85. The third kappa shape index (κ3) is 6.28. The quantitative estimate of drug-likeness (QED) is 0.489. The minimum Gasteiger partial charge on any atom is -0.492 e. The molecule has 8 heteroatoms. The molecular weight excluding hydrogens is 462 g/mol. The number of hydrogen-bond acceptors (Lipinski definition) is 5. The van der Waals surface area contributed by atoms with Crippen LogP contribution in [0.2, 0.25) is 0 Å². The number of nitrogens with zero attached hydrogens (tertiary/aromatic N) is 2. The molecule has 184 valence electrons. The average Bonchev–Trinajstić information content (AvgIpc) is 2.87. The average molecular weight is 494 g/mol. The van der Waals surface area contributed by atoms with Gasteiger partial charge < -0.3 is 10.1 Å². The minimum atomic E-state index is -3.44. The normalized spacial score (nSPS) is 15.9. The number of hydrogen-bond donors (Lipinski definition) is 1. The molecule has 1 heterocycles. The van der Waals surface area contributed by atoms with E-state index in [1.54, 1.807) is 0 Å². The molecule has 1 amide bonds. The first-order valence-electron chi connectivity index (χ1n) is 11.8. The highest BCUT2D eigenvalue weighted by Gasteiger charge is 2.34.